The van der Waals surface area contributed by atoms with E-state index in [1.54, 1.807) is 7.11 Å². The van der Waals surface area contributed by atoms with Gasteiger partial charge in [0, 0.05) is 24.7 Å². The van der Waals surface area contributed by atoms with Gasteiger partial charge < -0.3 is 9.30 Å². The van der Waals surface area contributed by atoms with E-state index in [9.17, 15) is 4.79 Å². The Labute approximate surface area is 174 Å². The number of nitrogens with one attached hydrogen (secondary N) is 1. The number of H-pyrrole nitrogens is 1. The van der Waals surface area contributed by atoms with E-state index in [2.05, 4.69) is 22.0 Å². The summed E-state index contributed by atoms with van der Waals surface area (Å²) in [6.45, 7) is 4.13. The van der Waals surface area contributed by atoms with E-state index < -0.39 is 0 Å². The van der Waals surface area contributed by atoms with Gasteiger partial charge in [0.2, 0.25) is 5.82 Å². The number of ether oxygens (including phenoxy) is 1. The summed E-state index contributed by atoms with van der Waals surface area (Å²) in [6.07, 6.45) is 6.50. The van der Waals surface area contributed by atoms with Crippen molar-refractivity contribution in [2.75, 3.05) is 7.11 Å². The molecule has 3 aromatic heterocycles. The van der Waals surface area contributed by atoms with Gasteiger partial charge in [-0.15, -0.1) is 4.52 Å². The van der Waals surface area contributed by atoms with Crippen LogP contribution in [0.4, 0.5) is 0 Å². The van der Waals surface area contributed by atoms with Crippen LogP contribution in [0, 0.1) is 12.8 Å². The van der Waals surface area contributed by atoms with Crippen LogP contribution >= 0.6 is 0 Å². The molecular weight excluding hydrogens is 378 g/mol. The molecule has 0 amide bonds. The number of benzene rings is 1. The van der Waals surface area contributed by atoms with Crippen LogP contribution in [0.2, 0.25) is 0 Å². The maximum absolute atomic E-state index is 13.8. The summed E-state index contributed by atoms with van der Waals surface area (Å²) in [5.74, 6) is 2.50. The van der Waals surface area contributed by atoms with Crippen LogP contribution in [0.3, 0.4) is 0 Å². The molecule has 1 fully saturated rings. The van der Waals surface area contributed by atoms with Gasteiger partial charge in [-0.05, 0) is 37.0 Å². The van der Waals surface area contributed by atoms with Crippen LogP contribution in [0.25, 0.3) is 27.9 Å². The second kappa shape index (κ2) is 7.23. The van der Waals surface area contributed by atoms with Crippen molar-refractivity contribution in [1.82, 2.24) is 19.6 Å². The fourth-order valence-electron chi connectivity index (χ4n) is 4.76. The lowest BCUT2D eigenvalue weighted by atomic mass is 9.85. The molecule has 7 heteroatoms. The molecule has 0 radical (unpaired) electrons. The van der Waals surface area contributed by atoms with Crippen molar-refractivity contribution in [3.8, 4) is 17.0 Å². The third-order valence-corrected chi connectivity index (χ3v) is 6.29. The smallest absolute Gasteiger partial charge is 0.458 e. The number of hydrogen-bond acceptors (Lipinski definition) is 4. The summed E-state index contributed by atoms with van der Waals surface area (Å²) in [5.41, 5.74) is 2.30. The first kappa shape index (κ1) is 18.8. The molecule has 0 aliphatic heterocycles. The van der Waals surface area contributed by atoms with E-state index in [0.29, 0.717) is 22.6 Å². The normalized spacial score (nSPS) is 19.4. The summed E-state index contributed by atoms with van der Waals surface area (Å²) >= 11 is 0. The highest BCUT2D eigenvalue weighted by Gasteiger charge is 2.28. The fraction of sp³-hybridized carbons (Fsp3) is 0.391. The zero-order valence-corrected chi connectivity index (χ0v) is 17.6. The molecule has 2 atom stereocenters. The van der Waals surface area contributed by atoms with Gasteiger partial charge >= 0.3 is 5.78 Å². The third kappa shape index (κ3) is 2.96. The van der Waals surface area contributed by atoms with E-state index in [0.717, 1.165) is 42.1 Å². The van der Waals surface area contributed by atoms with Crippen LogP contribution < -0.4 is 14.8 Å². The van der Waals surface area contributed by atoms with Crippen molar-refractivity contribution in [3.05, 3.63) is 52.7 Å². The standard InChI is InChI=1S/C23H25N5O2/c1-14-7-4-5-10-19(14)27-12-11-18-20(22(27)29)21(16-8-6-9-17(13-16)30-3)28-23(25-18)24-15(2)26-28/h6,8-9,11-14,19H,4-5,7,10H2,1-3H3/p+1. The molecule has 1 aromatic carbocycles. The van der Waals surface area contributed by atoms with Crippen LogP contribution in [-0.4, -0.2) is 26.7 Å². The summed E-state index contributed by atoms with van der Waals surface area (Å²) in [5, 5.41) is 3.85. The molecule has 1 aliphatic rings. The Bertz CT molecular complexity index is 1310. The molecule has 154 valence electrons. The Hall–Kier alpha value is -3.22. The number of aryl methyl sites for hydroxylation is 1. The van der Waals surface area contributed by atoms with Gasteiger partial charge in [-0.3, -0.25) is 4.79 Å². The number of methoxy groups -OCH3 is 1. The molecule has 0 bridgehead atoms. The zero-order chi connectivity index (χ0) is 20.8. The topological polar surface area (TPSA) is 76.9 Å². The molecule has 1 N–H and O–H groups in total. The first-order chi connectivity index (χ1) is 14.6. The van der Waals surface area contributed by atoms with Gasteiger partial charge in [-0.2, -0.15) is 0 Å². The third-order valence-electron chi connectivity index (χ3n) is 6.29. The Balaban J connectivity index is 1.85. The van der Waals surface area contributed by atoms with Gasteiger partial charge in [0.15, 0.2) is 11.2 Å². The summed E-state index contributed by atoms with van der Waals surface area (Å²) in [7, 11) is 1.64. The molecule has 4 aromatic rings. The highest BCUT2D eigenvalue weighted by molar-refractivity contribution is 5.90. The lowest BCUT2D eigenvalue weighted by molar-refractivity contribution is -0.567. The van der Waals surface area contributed by atoms with Crippen LogP contribution in [0.15, 0.2) is 41.3 Å². The Kier molecular flexibility index (Phi) is 4.53. The van der Waals surface area contributed by atoms with Crippen molar-refractivity contribution in [3.63, 3.8) is 0 Å². The van der Waals surface area contributed by atoms with E-state index >= 15 is 0 Å². The molecule has 1 saturated carbocycles. The lowest BCUT2D eigenvalue weighted by Crippen LogP contribution is -2.34. The number of pyridine rings is 1. The molecule has 1 aliphatic carbocycles. The summed E-state index contributed by atoms with van der Waals surface area (Å²) in [4.78, 5) is 23.0. The van der Waals surface area contributed by atoms with Gasteiger partial charge in [0.25, 0.3) is 5.56 Å². The minimum atomic E-state index is -0.00165. The van der Waals surface area contributed by atoms with Crippen LogP contribution in [-0.2, 0) is 0 Å². The number of hydrogen-bond donors (Lipinski definition) is 1. The van der Waals surface area contributed by atoms with Crippen molar-refractivity contribution in [2.45, 2.75) is 45.6 Å². The van der Waals surface area contributed by atoms with E-state index in [-0.39, 0.29) is 11.6 Å². The van der Waals surface area contributed by atoms with Crippen LogP contribution in [0.5, 0.6) is 5.75 Å². The van der Waals surface area contributed by atoms with Crippen molar-refractivity contribution < 1.29 is 9.25 Å². The highest BCUT2D eigenvalue weighted by Crippen LogP contribution is 2.33. The molecule has 30 heavy (non-hydrogen) atoms. The van der Waals surface area contributed by atoms with Crippen molar-refractivity contribution in [2.24, 2.45) is 5.92 Å². The zero-order valence-electron chi connectivity index (χ0n) is 17.6. The van der Waals surface area contributed by atoms with Gasteiger partial charge in [-0.25, -0.2) is 5.10 Å². The second-order valence-electron chi connectivity index (χ2n) is 8.25. The molecule has 5 rings (SSSR count). The summed E-state index contributed by atoms with van der Waals surface area (Å²) in [6, 6.07) is 9.93. The van der Waals surface area contributed by atoms with Crippen molar-refractivity contribution >= 4 is 16.7 Å². The number of aromatic amines is 1. The highest BCUT2D eigenvalue weighted by atomic mass is 16.5. The average molecular weight is 404 g/mol. The number of nitrogens with zero attached hydrogens (tertiary/aromatic N) is 4. The maximum Gasteiger partial charge on any atom is 0.458 e. The van der Waals surface area contributed by atoms with E-state index in [4.69, 9.17) is 4.74 Å². The first-order valence-corrected chi connectivity index (χ1v) is 10.5. The fourth-order valence-corrected chi connectivity index (χ4v) is 4.76. The predicted octanol–water partition coefficient (Wildman–Crippen LogP) is 3.59. The number of rotatable bonds is 3. The predicted molar refractivity (Wildman–Crippen MR) is 115 cm³/mol. The maximum atomic E-state index is 13.8. The minimum absolute atomic E-state index is 0.00165. The van der Waals surface area contributed by atoms with Gasteiger partial charge in [-0.1, -0.05) is 41.9 Å². The number of fused-ring (bicyclic) bond motifs is 2. The number of aromatic nitrogens is 5. The Morgan fingerprint density at radius 3 is 2.83 bits per heavy atom. The average Bonchev–Trinajstić information content (AvgIpc) is 3.13. The molecule has 2 unspecified atom stereocenters. The first-order valence-electron chi connectivity index (χ1n) is 10.5. The van der Waals surface area contributed by atoms with E-state index in [1.165, 1.54) is 6.42 Å². The Morgan fingerprint density at radius 2 is 2.03 bits per heavy atom. The molecular formula is C23H26N5O2+. The molecule has 3 heterocycles. The Morgan fingerprint density at radius 1 is 1.20 bits per heavy atom. The SMILES string of the molecule is COc1cccc(-c2c3c(=O)n(C4CCCCC4C)ccc3nc3nc(C)[nH][n+]23)c1. The van der Waals surface area contributed by atoms with E-state index in [1.807, 2.05) is 52.5 Å². The summed E-state index contributed by atoms with van der Waals surface area (Å²) < 4.78 is 9.17. The molecule has 7 nitrogen and oxygen atoms in total. The lowest BCUT2D eigenvalue weighted by Gasteiger charge is -2.30. The van der Waals surface area contributed by atoms with Gasteiger partial charge in [0.1, 0.15) is 11.1 Å². The van der Waals surface area contributed by atoms with Gasteiger partial charge in [0.05, 0.1) is 7.11 Å². The molecule has 0 saturated heterocycles. The molecule has 0 spiro atoms. The second-order valence-corrected chi connectivity index (χ2v) is 8.25. The van der Waals surface area contributed by atoms with Crippen LogP contribution in [0.1, 0.15) is 44.5 Å². The minimum Gasteiger partial charge on any atom is -0.497 e. The van der Waals surface area contributed by atoms with Crippen molar-refractivity contribution in [1.29, 1.82) is 0 Å². The largest absolute Gasteiger partial charge is 0.497 e. The monoisotopic (exact) mass is 404 g/mol. The quantitative estimate of drug-likeness (QED) is 0.530.